The van der Waals surface area contributed by atoms with Crippen LogP contribution >= 0.6 is 31.9 Å². The zero-order chi connectivity index (χ0) is 14.6. The molecule has 0 radical (unpaired) electrons. The van der Waals surface area contributed by atoms with Gasteiger partial charge in [0.25, 0.3) is 0 Å². The van der Waals surface area contributed by atoms with Gasteiger partial charge in [0.15, 0.2) is 0 Å². The molecular weight excluding hydrogens is 387 g/mol. The molecule has 108 valence electrons. The third kappa shape index (κ3) is 3.31. The Balaban J connectivity index is 2.23. The lowest BCUT2D eigenvalue weighted by molar-refractivity contribution is 0.489. The molecule has 5 heteroatoms. The van der Waals surface area contributed by atoms with Gasteiger partial charge in [-0.1, -0.05) is 44.0 Å². The maximum absolute atomic E-state index is 13.5. The molecule has 2 rings (SSSR count). The van der Waals surface area contributed by atoms with Gasteiger partial charge in [0.05, 0.1) is 0 Å². The van der Waals surface area contributed by atoms with Crippen molar-refractivity contribution in [3.05, 3.63) is 53.6 Å². The second kappa shape index (κ2) is 6.85. The van der Waals surface area contributed by atoms with E-state index in [1.165, 1.54) is 11.8 Å². The molecule has 1 heterocycles. The van der Waals surface area contributed by atoms with Gasteiger partial charge < -0.3 is 0 Å². The second-order valence-electron chi connectivity index (χ2n) is 5.00. The standard InChI is InChI=1S/C15H17Br2FN2/c1-20-14(6-8-19-20)5-7-15(10-16,11-17)12-3-2-4-13(18)9-12/h2-4,6,8-9H,5,7,10-11H2,1H3. The van der Waals surface area contributed by atoms with Crippen LogP contribution in [0, 0.1) is 5.82 Å². The van der Waals surface area contributed by atoms with Gasteiger partial charge in [-0.2, -0.15) is 5.10 Å². The number of nitrogens with zero attached hydrogens (tertiary/aromatic N) is 2. The van der Waals surface area contributed by atoms with Crippen molar-refractivity contribution in [3.63, 3.8) is 0 Å². The molecule has 1 aromatic heterocycles. The Hall–Kier alpha value is -0.680. The minimum absolute atomic E-state index is 0.119. The molecule has 0 amide bonds. The Kier molecular flexibility index (Phi) is 5.38. The minimum Gasteiger partial charge on any atom is -0.273 e. The molecule has 1 aromatic carbocycles. The normalized spacial score (nSPS) is 11.8. The Morgan fingerprint density at radius 1 is 1.25 bits per heavy atom. The van der Waals surface area contributed by atoms with E-state index in [-0.39, 0.29) is 11.2 Å². The molecule has 2 nitrogen and oxygen atoms in total. The lowest BCUT2D eigenvalue weighted by Gasteiger charge is -2.31. The van der Waals surface area contributed by atoms with Crippen LogP contribution in [0.5, 0.6) is 0 Å². The first-order chi connectivity index (χ1) is 9.61. The number of alkyl halides is 2. The molecule has 0 aliphatic carbocycles. The second-order valence-corrected chi connectivity index (χ2v) is 6.13. The summed E-state index contributed by atoms with van der Waals surface area (Å²) in [7, 11) is 1.95. The van der Waals surface area contributed by atoms with E-state index in [0.29, 0.717) is 0 Å². The molecule has 0 atom stereocenters. The third-order valence-electron chi connectivity index (χ3n) is 3.73. The van der Waals surface area contributed by atoms with Gasteiger partial charge in [0, 0.05) is 35.0 Å². The number of rotatable bonds is 6. The van der Waals surface area contributed by atoms with Crippen LogP contribution in [0.4, 0.5) is 4.39 Å². The lowest BCUT2D eigenvalue weighted by atomic mass is 9.80. The zero-order valence-corrected chi connectivity index (χ0v) is 14.5. The quantitative estimate of drug-likeness (QED) is 0.660. The van der Waals surface area contributed by atoms with Crippen LogP contribution in [0.2, 0.25) is 0 Å². The molecule has 0 saturated heterocycles. The first-order valence-corrected chi connectivity index (χ1v) is 8.70. The van der Waals surface area contributed by atoms with Crippen molar-refractivity contribution in [1.82, 2.24) is 9.78 Å². The van der Waals surface area contributed by atoms with E-state index in [4.69, 9.17) is 0 Å². The monoisotopic (exact) mass is 402 g/mol. The molecule has 0 unspecified atom stereocenters. The first-order valence-electron chi connectivity index (χ1n) is 6.46. The average molecular weight is 404 g/mol. The Morgan fingerprint density at radius 2 is 2.00 bits per heavy atom. The summed E-state index contributed by atoms with van der Waals surface area (Å²) in [5, 5.41) is 5.76. The summed E-state index contributed by atoms with van der Waals surface area (Å²) in [5.41, 5.74) is 2.09. The zero-order valence-electron chi connectivity index (χ0n) is 11.3. The average Bonchev–Trinajstić information content (AvgIpc) is 2.86. The number of aryl methyl sites for hydroxylation is 2. The summed E-state index contributed by atoms with van der Waals surface area (Å²) in [4.78, 5) is 0. The third-order valence-corrected chi connectivity index (χ3v) is 5.88. The van der Waals surface area contributed by atoms with Crippen LogP contribution in [-0.2, 0) is 18.9 Å². The SMILES string of the molecule is Cn1nccc1CCC(CBr)(CBr)c1cccc(F)c1. The maximum Gasteiger partial charge on any atom is 0.123 e. The predicted molar refractivity (Wildman–Crippen MR) is 87.2 cm³/mol. The van der Waals surface area contributed by atoms with Gasteiger partial charge in [-0.15, -0.1) is 0 Å². The lowest BCUT2D eigenvalue weighted by Crippen LogP contribution is -2.31. The first kappa shape index (κ1) is 15.7. The minimum atomic E-state index is -0.186. The van der Waals surface area contributed by atoms with Crippen LogP contribution in [0.25, 0.3) is 0 Å². The molecule has 0 saturated carbocycles. The van der Waals surface area contributed by atoms with Crippen LogP contribution < -0.4 is 0 Å². The highest BCUT2D eigenvalue weighted by atomic mass is 79.9. The molecule has 0 N–H and O–H groups in total. The Labute approximate surface area is 135 Å². The van der Waals surface area contributed by atoms with E-state index in [1.54, 1.807) is 12.1 Å². The fraction of sp³-hybridized carbons (Fsp3) is 0.400. The molecule has 0 spiro atoms. The van der Waals surface area contributed by atoms with Crippen LogP contribution in [0.1, 0.15) is 17.7 Å². The van der Waals surface area contributed by atoms with Crippen LogP contribution in [0.3, 0.4) is 0 Å². The molecule has 20 heavy (non-hydrogen) atoms. The highest BCUT2D eigenvalue weighted by molar-refractivity contribution is 9.09. The van der Waals surface area contributed by atoms with E-state index in [2.05, 4.69) is 37.0 Å². The summed E-state index contributed by atoms with van der Waals surface area (Å²) in [6, 6.07) is 8.91. The number of hydrogen-bond donors (Lipinski definition) is 0. The van der Waals surface area contributed by atoms with Crippen LogP contribution in [0.15, 0.2) is 36.5 Å². The number of hydrogen-bond acceptors (Lipinski definition) is 1. The van der Waals surface area contributed by atoms with Crippen molar-refractivity contribution in [3.8, 4) is 0 Å². The highest BCUT2D eigenvalue weighted by Crippen LogP contribution is 2.34. The predicted octanol–water partition coefficient (Wildman–Crippen LogP) is 4.22. The topological polar surface area (TPSA) is 17.8 Å². The molecular formula is C15H17Br2FN2. The number of benzene rings is 1. The smallest absolute Gasteiger partial charge is 0.123 e. The van der Waals surface area contributed by atoms with Gasteiger partial charge in [-0.3, -0.25) is 4.68 Å². The molecule has 0 bridgehead atoms. The number of halogens is 3. The van der Waals surface area contributed by atoms with Crippen molar-refractivity contribution in [1.29, 1.82) is 0 Å². The largest absolute Gasteiger partial charge is 0.273 e. The summed E-state index contributed by atoms with van der Waals surface area (Å²) in [5.74, 6) is -0.186. The van der Waals surface area contributed by atoms with E-state index < -0.39 is 0 Å². The summed E-state index contributed by atoms with van der Waals surface area (Å²) < 4.78 is 15.4. The molecule has 2 aromatic rings. The van der Waals surface area contributed by atoms with E-state index in [0.717, 1.165) is 29.1 Å². The molecule has 0 aliphatic heterocycles. The van der Waals surface area contributed by atoms with Crippen molar-refractivity contribution in [2.75, 3.05) is 10.7 Å². The van der Waals surface area contributed by atoms with Gasteiger partial charge in [0.1, 0.15) is 5.82 Å². The van der Waals surface area contributed by atoms with Crippen molar-refractivity contribution in [2.24, 2.45) is 7.05 Å². The van der Waals surface area contributed by atoms with Gasteiger partial charge in [0.2, 0.25) is 0 Å². The highest BCUT2D eigenvalue weighted by Gasteiger charge is 2.30. The van der Waals surface area contributed by atoms with Gasteiger partial charge in [-0.25, -0.2) is 4.39 Å². The number of aromatic nitrogens is 2. The maximum atomic E-state index is 13.5. The summed E-state index contributed by atoms with van der Waals surface area (Å²) in [6.07, 6.45) is 3.64. The van der Waals surface area contributed by atoms with E-state index in [1.807, 2.05) is 30.1 Å². The van der Waals surface area contributed by atoms with E-state index in [9.17, 15) is 4.39 Å². The fourth-order valence-electron chi connectivity index (χ4n) is 2.30. The van der Waals surface area contributed by atoms with Crippen LogP contribution in [-0.4, -0.2) is 20.4 Å². The van der Waals surface area contributed by atoms with E-state index >= 15 is 0 Å². The van der Waals surface area contributed by atoms with Crippen molar-refractivity contribution in [2.45, 2.75) is 18.3 Å². The summed E-state index contributed by atoms with van der Waals surface area (Å²) >= 11 is 7.20. The Morgan fingerprint density at radius 3 is 2.55 bits per heavy atom. The van der Waals surface area contributed by atoms with Crippen molar-refractivity contribution < 1.29 is 4.39 Å². The molecule has 0 aliphatic rings. The van der Waals surface area contributed by atoms with Gasteiger partial charge in [-0.05, 0) is 36.6 Å². The summed E-state index contributed by atoms with van der Waals surface area (Å²) in [6.45, 7) is 0. The molecule has 0 fully saturated rings. The Bertz CT molecular complexity index is 565. The van der Waals surface area contributed by atoms with Gasteiger partial charge >= 0.3 is 0 Å². The fourth-order valence-corrected chi connectivity index (χ4v) is 4.44. The van der Waals surface area contributed by atoms with Crippen molar-refractivity contribution >= 4 is 31.9 Å².